The minimum absolute atomic E-state index is 0.0968. The van der Waals surface area contributed by atoms with Crippen LogP contribution in [0.15, 0.2) is 35.9 Å². The first kappa shape index (κ1) is 12.7. The van der Waals surface area contributed by atoms with Crippen LogP contribution < -0.4 is 0 Å². The quantitative estimate of drug-likeness (QED) is 0.783. The van der Waals surface area contributed by atoms with Crippen molar-refractivity contribution >= 4 is 23.6 Å². The molecule has 0 aliphatic carbocycles. The second kappa shape index (κ2) is 5.73. The summed E-state index contributed by atoms with van der Waals surface area (Å²) in [5.41, 5.74) is 1.49. The van der Waals surface area contributed by atoms with Crippen molar-refractivity contribution in [3.05, 3.63) is 47.0 Å². The number of hydrogen-bond donors (Lipinski definition) is 0. The maximum Gasteiger partial charge on any atom is 0.337 e. The van der Waals surface area contributed by atoms with Crippen LogP contribution in [0.3, 0.4) is 0 Å². The second-order valence-electron chi connectivity index (χ2n) is 3.81. The molecule has 1 amide bonds. The van der Waals surface area contributed by atoms with E-state index in [4.69, 9.17) is 0 Å². The number of carbonyl (C=O) groups excluding carboxylic acids is 2. The van der Waals surface area contributed by atoms with Crippen LogP contribution in [0.5, 0.6) is 0 Å². The van der Waals surface area contributed by atoms with Crippen molar-refractivity contribution in [3.63, 3.8) is 0 Å². The summed E-state index contributed by atoms with van der Waals surface area (Å²) in [4.78, 5) is 24.5. The molecule has 0 bridgehead atoms. The number of methoxy groups -OCH3 is 1. The summed E-state index contributed by atoms with van der Waals surface area (Å²) < 4.78 is 4.63. The Bertz CT molecular complexity index is 482. The van der Waals surface area contributed by atoms with Gasteiger partial charge in [0.1, 0.15) is 0 Å². The van der Waals surface area contributed by atoms with Crippen molar-refractivity contribution in [3.8, 4) is 0 Å². The normalized spacial score (nSPS) is 14.7. The highest BCUT2D eigenvalue weighted by Gasteiger charge is 2.14. The Balaban J connectivity index is 2.06. The van der Waals surface area contributed by atoms with Crippen molar-refractivity contribution in [2.24, 2.45) is 0 Å². The zero-order chi connectivity index (χ0) is 13.0. The minimum atomic E-state index is -0.355. The zero-order valence-electron chi connectivity index (χ0n) is 9.96. The van der Waals surface area contributed by atoms with Crippen molar-refractivity contribution in [2.75, 3.05) is 12.9 Å². The Morgan fingerprint density at radius 2 is 2.11 bits per heavy atom. The van der Waals surface area contributed by atoms with Gasteiger partial charge >= 0.3 is 5.97 Å². The number of rotatable bonds is 3. The molecule has 1 aliphatic heterocycles. The molecular weight excluding hydrogens is 250 g/mol. The molecule has 1 aliphatic rings. The number of hydrogen-bond acceptors (Lipinski definition) is 4. The van der Waals surface area contributed by atoms with Gasteiger partial charge < -0.3 is 9.64 Å². The molecule has 94 valence electrons. The van der Waals surface area contributed by atoms with Gasteiger partial charge in [0.25, 0.3) is 0 Å². The number of benzene rings is 1. The lowest BCUT2D eigenvalue weighted by molar-refractivity contribution is -0.126. The molecule has 0 N–H and O–H groups in total. The first-order valence-corrected chi connectivity index (χ1v) is 6.50. The Hall–Kier alpha value is -1.75. The number of amides is 1. The van der Waals surface area contributed by atoms with Crippen molar-refractivity contribution in [1.82, 2.24) is 4.90 Å². The number of nitrogens with zero attached hydrogens (tertiary/aromatic N) is 1. The monoisotopic (exact) mass is 263 g/mol. The van der Waals surface area contributed by atoms with Gasteiger partial charge in [0, 0.05) is 6.20 Å². The predicted octanol–water partition coefficient (Wildman–Crippen LogP) is 2.02. The standard InChI is InChI=1S/C13H13NO3S/c1-17-13(16)11-4-2-10(3-5-11)8-14-6-7-18-9-12(14)15/h2-7H,8-9H2,1H3. The number of thioether (sulfide) groups is 1. The van der Waals surface area contributed by atoms with Crippen LogP contribution in [0.25, 0.3) is 0 Å². The van der Waals surface area contributed by atoms with Gasteiger partial charge in [-0.1, -0.05) is 12.1 Å². The maximum atomic E-state index is 11.6. The molecular formula is C13H13NO3S. The Kier molecular flexibility index (Phi) is 4.04. The Morgan fingerprint density at radius 3 is 2.72 bits per heavy atom. The molecule has 0 fully saturated rings. The third-order valence-corrected chi connectivity index (χ3v) is 3.32. The average molecular weight is 263 g/mol. The van der Waals surface area contributed by atoms with E-state index < -0.39 is 0 Å². The molecule has 4 nitrogen and oxygen atoms in total. The van der Waals surface area contributed by atoms with Gasteiger partial charge in [-0.3, -0.25) is 4.79 Å². The average Bonchev–Trinajstić information content (AvgIpc) is 2.41. The lowest BCUT2D eigenvalue weighted by atomic mass is 10.1. The van der Waals surface area contributed by atoms with E-state index in [1.165, 1.54) is 18.9 Å². The molecule has 1 aromatic rings. The molecule has 0 saturated heterocycles. The fourth-order valence-electron chi connectivity index (χ4n) is 1.60. The topological polar surface area (TPSA) is 46.6 Å². The highest BCUT2D eigenvalue weighted by atomic mass is 32.2. The summed E-state index contributed by atoms with van der Waals surface area (Å²) in [6, 6.07) is 7.06. The molecule has 0 spiro atoms. The molecule has 1 heterocycles. The fourth-order valence-corrected chi connectivity index (χ4v) is 2.24. The smallest absolute Gasteiger partial charge is 0.337 e. The van der Waals surface area contributed by atoms with Crippen LogP contribution >= 0.6 is 11.8 Å². The van der Waals surface area contributed by atoms with Gasteiger partial charge in [-0.25, -0.2) is 4.79 Å². The van der Waals surface area contributed by atoms with Gasteiger partial charge in [-0.15, -0.1) is 11.8 Å². The lowest BCUT2D eigenvalue weighted by Crippen LogP contribution is -2.28. The van der Waals surface area contributed by atoms with Gasteiger partial charge in [-0.2, -0.15) is 0 Å². The summed E-state index contributed by atoms with van der Waals surface area (Å²) in [5.74, 6) is 0.225. The van der Waals surface area contributed by atoms with E-state index in [1.54, 1.807) is 23.2 Å². The van der Waals surface area contributed by atoms with E-state index in [0.717, 1.165) is 5.56 Å². The van der Waals surface area contributed by atoms with Crippen LogP contribution in [-0.4, -0.2) is 29.6 Å². The van der Waals surface area contributed by atoms with E-state index in [2.05, 4.69) is 4.74 Å². The Labute approximate surface area is 110 Å². The first-order valence-electron chi connectivity index (χ1n) is 5.45. The summed E-state index contributed by atoms with van der Waals surface area (Å²) in [5, 5.41) is 1.91. The summed E-state index contributed by atoms with van der Waals surface area (Å²) in [7, 11) is 1.35. The molecule has 0 atom stereocenters. The molecule has 18 heavy (non-hydrogen) atoms. The third kappa shape index (κ3) is 2.92. The Morgan fingerprint density at radius 1 is 1.39 bits per heavy atom. The number of esters is 1. The zero-order valence-corrected chi connectivity index (χ0v) is 10.8. The van der Waals surface area contributed by atoms with E-state index in [0.29, 0.717) is 17.9 Å². The van der Waals surface area contributed by atoms with E-state index in [9.17, 15) is 9.59 Å². The van der Waals surface area contributed by atoms with E-state index in [-0.39, 0.29) is 11.9 Å². The molecule has 0 aromatic heterocycles. The summed E-state index contributed by atoms with van der Waals surface area (Å²) >= 11 is 1.49. The third-order valence-electron chi connectivity index (χ3n) is 2.59. The van der Waals surface area contributed by atoms with Gasteiger partial charge in [0.15, 0.2) is 0 Å². The largest absolute Gasteiger partial charge is 0.465 e. The van der Waals surface area contributed by atoms with Gasteiger partial charge in [0.05, 0.1) is 25.0 Å². The van der Waals surface area contributed by atoms with E-state index in [1.807, 2.05) is 17.5 Å². The van der Waals surface area contributed by atoms with Crippen LogP contribution in [-0.2, 0) is 16.1 Å². The predicted molar refractivity (Wildman–Crippen MR) is 69.9 cm³/mol. The van der Waals surface area contributed by atoms with Crippen LogP contribution in [0.4, 0.5) is 0 Å². The molecule has 0 radical (unpaired) electrons. The van der Waals surface area contributed by atoms with Crippen LogP contribution in [0.2, 0.25) is 0 Å². The molecule has 1 aromatic carbocycles. The molecule has 0 unspecified atom stereocenters. The lowest BCUT2D eigenvalue weighted by Gasteiger charge is -2.21. The maximum absolute atomic E-state index is 11.6. The SMILES string of the molecule is COC(=O)c1ccc(CN2C=CSCC2=O)cc1. The van der Waals surface area contributed by atoms with Crippen LogP contribution in [0, 0.1) is 0 Å². The molecule has 5 heteroatoms. The summed E-state index contributed by atoms with van der Waals surface area (Å²) in [6.07, 6.45) is 1.78. The first-order chi connectivity index (χ1) is 8.70. The minimum Gasteiger partial charge on any atom is -0.465 e. The highest BCUT2D eigenvalue weighted by molar-refractivity contribution is 8.02. The van der Waals surface area contributed by atoms with Crippen molar-refractivity contribution in [2.45, 2.75) is 6.54 Å². The summed E-state index contributed by atoms with van der Waals surface area (Å²) in [6.45, 7) is 0.525. The second-order valence-corrected chi connectivity index (χ2v) is 4.70. The number of ether oxygens (including phenoxy) is 1. The van der Waals surface area contributed by atoms with Crippen molar-refractivity contribution < 1.29 is 14.3 Å². The van der Waals surface area contributed by atoms with Gasteiger partial charge in [0.2, 0.25) is 5.91 Å². The highest BCUT2D eigenvalue weighted by Crippen LogP contribution is 2.16. The van der Waals surface area contributed by atoms with Crippen molar-refractivity contribution in [1.29, 1.82) is 0 Å². The number of carbonyl (C=O) groups is 2. The fraction of sp³-hybridized carbons (Fsp3) is 0.231. The van der Waals surface area contributed by atoms with E-state index >= 15 is 0 Å². The molecule has 2 rings (SSSR count). The van der Waals surface area contributed by atoms with Crippen LogP contribution in [0.1, 0.15) is 15.9 Å². The molecule has 0 saturated carbocycles. The van der Waals surface area contributed by atoms with Gasteiger partial charge in [-0.05, 0) is 23.1 Å².